The average molecular weight is 603 g/mol. The molecule has 0 aliphatic heterocycles. The standard InChI is InChI=1S/C32H31ClN4O4S/c1-21-11-13-30(14-12-21)42(40,41)37(29-16-22(2)15-23(3)17-29)20-31(38)36-35-24(4)25-7-6-10-28(19-25)34-32(39)26-8-5-9-27(33)18-26/h5-19H,20H2,1-4H3,(H,34,39)(H,36,38)/b35-24+. The van der Waals surface area contributed by atoms with Gasteiger partial charge in [0.2, 0.25) is 0 Å². The lowest BCUT2D eigenvalue weighted by Crippen LogP contribution is -2.39. The first-order valence-electron chi connectivity index (χ1n) is 13.1. The Balaban J connectivity index is 1.53. The van der Waals surface area contributed by atoms with Gasteiger partial charge in [0.25, 0.3) is 21.8 Å². The molecular formula is C32H31ClN4O4S. The fourth-order valence-electron chi connectivity index (χ4n) is 4.28. The minimum Gasteiger partial charge on any atom is -0.322 e. The summed E-state index contributed by atoms with van der Waals surface area (Å²) < 4.78 is 28.4. The van der Waals surface area contributed by atoms with Gasteiger partial charge in [-0.25, -0.2) is 13.8 Å². The molecule has 0 atom stereocenters. The molecule has 0 unspecified atom stereocenters. The number of carbonyl (C=O) groups is 2. The fourth-order valence-corrected chi connectivity index (χ4v) is 5.87. The van der Waals surface area contributed by atoms with Crippen LogP contribution in [-0.4, -0.2) is 32.5 Å². The predicted molar refractivity (Wildman–Crippen MR) is 168 cm³/mol. The van der Waals surface area contributed by atoms with Crippen LogP contribution in [0.25, 0.3) is 0 Å². The highest BCUT2D eigenvalue weighted by atomic mass is 35.5. The number of carbonyl (C=O) groups excluding carboxylic acids is 2. The third-order valence-electron chi connectivity index (χ3n) is 6.36. The molecule has 2 amide bonds. The zero-order valence-electron chi connectivity index (χ0n) is 23.7. The Morgan fingerprint density at radius 3 is 2.12 bits per heavy atom. The summed E-state index contributed by atoms with van der Waals surface area (Å²) in [4.78, 5) is 25.8. The Kier molecular flexibility index (Phi) is 9.45. The molecule has 4 aromatic carbocycles. The van der Waals surface area contributed by atoms with Crippen molar-refractivity contribution in [3.63, 3.8) is 0 Å². The Labute approximate surface area is 251 Å². The maximum atomic E-state index is 13.7. The van der Waals surface area contributed by atoms with E-state index in [4.69, 9.17) is 11.6 Å². The van der Waals surface area contributed by atoms with Crippen LogP contribution in [0.2, 0.25) is 5.02 Å². The molecule has 0 bridgehead atoms. The van der Waals surface area contributed by atoms with E-state index >= 15 is 0 Å². The SMILES string of the molecule is C/C(=N\NC(=O)CN(c1cc(C)cc(C)c1)S(=O)(=O)c1ccc(C)cc1)c1cccc(NC(=O)c2cccc(Cl)c2)c1. The van der Waals surface area contributed by atoms with Crippen LogP contribution in [0.3, 0.4) is 0 Å². The minimum atomic E-state index is -4.06. The summed E-state index contributed by atoms with van der Waals surface area (Å²) in [7, 11) is -4.06. The lowest BCUT2D eigenvalue weighted by Gasteiger charge is -2.24. The molecule has 10 heteroatoms. The molecule has 0 saturated carbocycles. The number of nitrogens with zero attached hydrogens (tertiary/aromatic N) is 2. The second kappa shape index (κ2) is 13.0. The van der Waals surface area contributed by atoms with Gasteiger partial charge in [0.1, 0.15) is 6.54 Å². The van der Waals surface area contributed by atoms with E-state index in [1.54, 1.807) is 79.7 Å². The molecule has 0 aliphatic rings. The van der Waals surface area contributed by atoms with E-state index in [1.807, 2.05) is 26.8 Å². The van der Waals surface area contributed by atoms with Gasteiger partial charge in [-0.3, -0.25) is 13.9 Å². The van der Waals surface area contributed by atoms with E-state index in [1.165, 1.54) is 12.1 Å². The first-order chi connectivity index (χ1) is 19.9. The molecule has 8 nitrogen and oxygen atoms in total. The van der Waals surface area contributed by atoms with Crippen LogP contribution in [0.5, 0.6) is 0 Å². The van der Waals surface area contributed by atoms with Crippen molar-refractivity contribution in [3.05, 3.63) is 124 Å². The van der Waals surface area contributed by atoms with Crippen molar-refractivity contribution in [1.29, 1.82) is 0 Å². The van der Waals surface area contributed by atoms with Crippen molar-refractivity contribution in [3.8, 4) is 0 Å². The second-order valence-electron chi connectivity index (χ2n) is 9.95. The average Bonchev–Trinajstić information content (AvgIpc) is 2.94. The molecule has 4 aromatic rings. The first-order valence-corrected chi connectivity index (χ1v) is 14.9. The maximum absolute atomic E-state index is 13.7. The van der Waals surface area contributed by atoms with Gasteiger partial charge in [0.15, 0.2) is 0 Å². The van der Waals surface area contributed by atoms with Gasteiger partial charge >= 0.3 is 0 Å². The van der Waals surface area contributed by atoms with Crippen LogP contribution in [-0.2, 0) is 14.8 Å². The smallest absolute Gasteiger partial charge is 0.264 e. The molecule has 0 spiro atoms. The van der Waals surface area contributed by atoms with Crippen molar-refractivity contribution in [1.82, 2.24) is 5.43 Å². The Morgan fingerprint density at radius 1 is 0.810 bits per heavy atom. The van der Waals surface area contributed by atoms with E-state index in [-0.39, 0.29) is 10.8 Å². The van der Waals surface area contributed by atoms with E-state index in [2.05, 4.69) is 15.8 Å². The molecule has 0 saturated heterocycles. The zero-order valence-corrected chi connectivity index (χ0v) is 25.3. The highest BCUT2D eigenvalue weighted by Gasteiger charge is 2.27. The number of hydrazone groups is 1. The Hall–Kier alpha value is -4.47. The highest BCUT2D eigenvalue weighted by molar-refractivity contribution is 7.92. The van der Waals surface area contributed by atoms with Crippen LogP contribution in [0.1, 0.15) is 39.5 Å². The van der Waals surface area contributed by atoms with Gasteiger partial charge in [-0.2, -0.15) is 5.10 Å². The van der Waals surface area contributed by atoms with Crippen molar-refractivity contribution in [2.45, 2.75) is 32.6 Å². The normalized spacial score (nSPS) is 11.6. The van der Waals surface area contributed by atoms with Gasteiger partial charge in [-0.05, 0) is 99.0 Å². The number of benzene rings is 4. The Bertz CT molecular complexity index is 1750. The van der Waals surface area contributed by atoms with Gasteiger partial charge in [-0.1, -0.05) is 53.6 Å². The van der Waals surface area contributed by atoms with Crippen molar-refractivity contribution < 1.29 is 18.0 Å². The largest absolute Gasteiger partial charge is 0.322 e. The number of amides is 2. The molecule has 42 heavy (non-hydrogen) atoms. The topological polar surface area (TPSA) is 108 Å². The van der Waals surface area contributed by atoms with E-state index in [0.29, 0.717) is 33.2 Å². The third kappa shape index (κ3) is 7.63. The molecule has 0 heterocycles. The van der Waals surface area contributed by atoms with E-state index in [0.717, 1.165) is 21.0 Å². The summed E-state index contributed by atoms with van der Waals surface area (Å²) >= 11 is 5.99. The lowest BCUT2D eigenvalue weighted by molar-refractivity contribution is -0.119. The monoisotopic (exact) mass is 602 g/mol. The zero-order chi connectivity index (χ0) is 30.4. The quantitative estimate of drug-likeness (QED) is 0.174. The van der Waals surface area contributed by atoms with Crippen molar-refractivity contribution in [2.75, 3.05) is 16.2 Å². The van der Waals surface area contributed by atoms with Crippen LogP contribution in [0, 0.1) is 20.8 Å². The lowest BCUT2D eigenvalue weighted by atomic mass is 10.1. The van der Waals surface area contributed by atoms with Crippen molar-refractivity contribution >= 4 is 50.5 Å². The summed E-state index contributed by atoms with van der Waals surface area (Å²) in [5, 5.41) is 7.48. The maximum Gasteiger partial charge on any atom is 0.264 e. The number of hydrogen-bond acceptors (Lipinski definition) is 5. The molecule has 0 fully saturated rings. The van der Waals surface area contributed by atoms with Crippen molar-refractivity contribution in [2.24, 2.45) is 5.10 Å². The number of halogens is 1. The number of hydrogen-bond donors (Lipinski definition) is 2. The summed E-state index contributed by atoms with van der Waals surface area (Å²) in [5.41, 5.74) is 7.57. The number of rotatable bonds is 9. The van der Waals surface area contributed by atoms with Crippen LogP contribution < -0.4 is 15.0 Å². The van der Waals surface area contributed by atoms with Crippen LogP contribution in [0.4, 0.5) is 11.4 Å². The molecule has 0 aliphatic carbocycles. The van der Waals surface area contributed by atoms with E-state index < -0.39 is 22.5 Å². The van der Waals surface area contributed by atoms with Gasteiger partial charge < -0.3 is 5.32 Å². The fraction of sp³-hybridized carbons (Fsp3) is 0.156. The predicted octanol–water partition coefficient (Wildman–Crippen LogP) is 6.25. The number of aryl methyl sites for hydroxylation is 3. The molecule has 0 aromatic heterocycles. The number of sulfonamides is 1. The van der Waals surface area contributed by atoms with Crippen LogP contribution >= 0.6 is 11.6 Å². The second-order valence-corrected chi connectivity index (χ2v) is 12.2. The van der Waals surface area contributed by atoms with Crippen LogP contribution in [0.15, 0.2) is 101 Å². The third-order valence-corrected chi connectivity index (χ3v) is 8.39. The van der Waals surface area contributed by atoms with Gasteiger partial charge in [0.05, 0.1) is 16.3 Å². The number of anilines is 2. The minimum absolute atomic E-state index is 0.0800. The summed E-state index contributed by atoms with van der Waals surface area (Å²) in [6, 6.07) is 25.5. The summed E-state index contributed by atoms with van der Waals surface area (Å²) in [5.74, 6) is -0.937. The van der Waals surface area contributed by atoms with Gasteiger partial charge in [-0.15, -0.1) is 0 Å². The van der Waals surface area contributed by atoms with Gasteiger partial charge in [0, 0.05) is 16.3 Å². The molecule has 216 valence electrons. The summed E-state index contributed by atoms with van der Waals surface area (Å²) in [6.07, 6.45) is 0. The molecular weight excluding hydrogens is 572 g/mol. The number of nitrogens with one attached hydrogen (secondary N) is 2. The molecule has 2 N–H and O–H groups in total. The summed E-state index contributed by atoms with van der Waals surface area (Å²) in [6.45, 7) is 6.82. The highest BCUT2D eigenvalue weighted by Crippen LogP contribution is 2.26. The van der Waals surface area contributed by atoms with E-state index in [9.17, 15) is 18.0 Å². The Morgan fingerprint density at radius 2 is 1.45 bits per heavy atom. The molecule has 4 rings (SSSR count). The molecule has 0 radical (unpaired) electrons. The first kappa shape index (κ1) is 30.5.